The highest BCUT2D eigenvalue weighted by Gasteiger charge is 2.18. The van der Waals surface area contributed by atoms with E-state index in [0.29, 0.717) is 23.7 Å². The predicted molar refractivity (Wildman–Crippen MR) is 107 cm³/mol. The van der Waals surface area contributed by atoms with Crippen molar-refractivity contribution in [3.8, 4) is 5.69 Å². The number of amides is 1. The molecule has 2 aromatic carbocycles. The van der Waals surface area contributed by atoms with Crippen molar-refractivity contribution in [2.24, 2.45) is 7.05 Å². The first-order valence-electron chi connectivity index (χ1n) is 8.76. The fourth-order valence-corrected chi connectivity index (χ4v) is 2.82. The van der Waals surface area contributed by atoms with Gasteiger partial charge < -0.3 is 5.32 Å². The van der Waals surface area contributed by atoms with E-state index in [1.54, 1.807) is 24.3 Å². The third kappa shape index (κ3) is 4.37. The Morgan fingerprint density at radius 2 is 1.75 bits per heavy atom. The molecule has 0 spiro atoms. The van der Waals surface area contributed by atoms with E-state index in [-0.39, 0.29) is 5.69 Å². The number of nitrogens with zero attached hydrogens (tertiary/aromatic N) is 3. The van der Waals surface area contributed by atoms with Crippen molar-refractivity contribution in [1.29, 1.82) is 0 Å². The normalized spacial score (nSPS) is 10.6. The van der Waals surface area contributed by atoms with Gasteiger partial charge in [-0.25, -0.2) is 4.79 Å². The van der Waals surface area contributed by atoms with Gasteiger partial charge in [-0.2, -0.15) is 9.78 Å². The Labute approximate surface area is 166 Å². The van der Waals surface area contributed by atoms with Gasteiger partial charge in [0.15, 0.2) is 0 Å². The summed E-state index contributed by atoms with van der Waals surface area (Å²) in [7, 11) is 1.31. The quantitative estimate of drug-likeness (QED) is 0.643. The molecule has 1 amide bonds. The largest absolute Gasteiger partial charge is 0.351 e. The van der Waals surface area contributed by atoms with Crippen LogP contribution in [0.15, 0.2) is 64.2 Å². The van der Waals surface area contributed by atoms with Crippen molar-refractivity contribution in [1.82, 2.24) is 19.7 Å². The standard InChI is InChI=1S/C20H19ClN4O3/c1-24-19(27)17(18(26)22-13-5-8-14-6-3-2-4-7-14)23-25(20(24)28)16-11-9-15(21)10-12-16/h2-4,6-7,9-12H,5,8,13H2,1H3,(H,22,26). The minimum Gasteiger partial charge on any atom is -0.350 e. The van der Waals surface area contributed by atoms with Crippen LogP contribution in [0.25, 0.3) is 5.69 Å². The highest BCUT2D eigenvalue weighted by molar-refractivity contribution is 6.30. The van der Waals surface area contributed by atoms with Gasteiger partial charge in [0.1, 0.15) is 0 Å². The predicted octanol–water partition coefficient (Wildman–Crippen LogP) is 1.95. The maximum absolute atomic E-state index is 12.5. The molecule has 7 nitrogen and oxygen atoms in total. The fraction of sp³-hybridized carbons (Fsp3) is 0.200. The Hall–Kier alpha value is -3.19. The Bertz CT molecular complexity index is 1090. The summed E-state index contributed by atoms with van der Waals surface area (Å²) in [4.78, 5) is 37.1. The molecule has 3 rings (SSSR count). The van der Waals surface area contributed by atoms with Crippen LogP contribution in [0.4, 0.5) is 0 Å². The third-order valence-corrected chi connectivity index (χ3v) is 4.48. The second-order valence-corrected chi connectivity index (χ2v) is 6.67. The molecule has 1 N–H and O–H groups in total. The van der Waals surface area contributed by atoms with E-state index in [1.165, 1.54) is 12.6 Å². The molecule has 0 bridgehead atoms. The first-order chi connectivity index (χ1) is 13.5. The Balaban J connectivity index is 1.77. The van der Waals surface area contributed by atoms with Crippen molar-refractivity contribution < 1.29 is 4.79 Å². The van der Waals surface area contributed by atoms with Crippen molar-refractivity contribution in [3.63, 3.8) is 0 Å². The topological polar surface area (TPSA) is 86.0 Å². The average molecular weight is 399 g/mol. The Morgan fingerprint density at radius 3 is 2.43 bits per heavy atom. The average Bonchev–Trinajstić information content (AvgIpc) is 2.71. The smallest absolute Gasteiger partial charge is 0.350 e. The van der Waals surface area contributed by atoms with E-state index >= 15 is 0 Å². The number of carbonyl (C=O) groups excluding carboxylic acids is 1. The van der Waals surface area contributed by atoms with Gasteiger partial charge in [-0.15, -0.1) is 0 Å². The first-order valence-corrected chi connectivity index (χ1v) is 9.13. The number of hydrogen-bond acceptors (Lipinski definition) is 4. The summed E-state index contributed by atoms with van der Waals surface area (Å²) < 4.78 is 1.87. The lowest BCUT2D eigenvalue weighted by Gasteiger charge is -2.10. The molecule has 1 heterocycles. The maximum atomic E-state index is 12.5. The summed E-state index contributed by atoms with van der Waals surface area (Å²) in [6, 6.07) is 16.3. The molecule has 0 saturated carbocycles. The Morgan fingerprint density at radius 1 is 1.07 bits per heavy atom. The number of rotatable bonds is 6. The molecule has 0 aliphatic heterocycles. The number of aryl methyl sites for hydroxylation is 1. The number of nitrogens with one attached hydrogen (secondary N) is 1. The maximum Gasteiger partial charge on any atom is 0.351 e. The number of carbonyl (C=O) groups is 1. The lowest BCUT2D eigenvalue weighted by molar-refractivity contribution is 0.0943. The van der Waals surface area contributed by atoms with Gasteiger partial charge in [-0.1, -0.05) is 41.9 Å². The van der Waals surface area contributed by atoms with Crippen LogP contribution in [-0.2, 0) is 13.5 Å². The van der Waals surface area contributed by atoms with E-state index in [9.17, 15) is 14.4 Å². The minimum atomic E-state index is -0.740. The minimum absolute atomic E-state index is 0.336. The molecule has 0 fully saturated rings. The van der Waals surface area contributed by atoms with Gasteiger partial charge in [0, 0.05) is 18.6 Å². The zero-order valence-corrected chi connectivity index (χ0v) is 16.0. The van der Waals surface area contributed by atoms with Gasteiger partial charge in [0.2, 0.25) is 5.69 Å². The van der Waals surface area contributed by atoms with E-state index < -0.39 is 17.2 Å². The highest BCUT2D eigenvalue weighted by atomic mass is 35.5. The zero-order valence-electron chi connectivity index (χ0n) is 15.3. The molecular weight excluding hydrogens is 380 g/mol. The van der Waals surface area contributed by atoms with E-state index in [2.05, 4.69) is 10.4 Å². The van der Waals surface area contributed by atoms with Crippen molar-refractivity contribution in [2.75, 3.05) is 6.54 Å². The van der Waals surface area contributed by atoms with Crippen LogP contribution in [0.3, 0.4) is 0 Å². The van der Waals surface area contributed by atoms with Crippen LogP contribution in [0, 0.1) is 0 Å². The van der Waals surface area contributed by atoms with Crippen molar-refractivity contribution in [3.05, 3.63) is 91.7 Å². The Kier molecular flexibility index (Phi) is 6.06. The number of aromatic nitrogens is 3. The van der Waals surface area contributed by atoms with E-state index in [0.717, 1.165) is 15.7 Å². The molecule has 0 atom stereocenters. The third-order valence-electron chi connectivity index (χ3n) is 4.23. The van der Waals surface area contributed by atoms with Crippen LogP contribution in [0.2, 0.25) is 5.02 Å². The van der Waals surface area contributed by atoms with Crippen LogP contribution >= 0.6 is 11.6 Å². The second-order valence-electron chi connectivity index (χ2n) is 6.23. The second kappa shape index (κ2) is 8.67. The lowest BCUT2D eigenvalue weighted by atomic mass is 10.1. The summed E-state index contributed by atoms with van der Waals surface area (Å²) in [5.74, 6) is -0.614. The van der Waals surface area contributed by atoms with Gasteiger partial charge in [-0.3, -0.25) is 14.2 Å². The summed E-state index contributed by atoms with van der Waals surface area (Å²) in [5, 5.41) is 7.18. The van der Waals surface area contributed by atoms with Crippen molar-refractivity contribution >= 4 is 17.5 Å². The SMILES string of the molecule is Cn1c(=O)c(C(=O)NCCCc2ccccc2)nn(-c2ccc(Cl)cc2)c1=O. The molecule has 0 radical (unpaired) electrons. The molecule has 1 aromatic heterocycles. The van der Waals surface area contributed by atoms with Crippen LogP contribution < -0.4 is 16.6 Å². The number of benzene rings is 2. The van der Waals surface area contributed by atoms with Gasteiger partial charge in [0.05, 0.1) is 5.69 Å². The monoisotopic (exact) mass is 398 g/mol. The van der Waals surface area contributed by atoms with Gasteiger partial charge in [-0.05, 0) is 42.7 Å². The summed E-state index contributed by atoms with van der Waals surface area (Å²) >= 11 is 5.87. The first kappa shape index (κ1) is 19.6. The summed E-state index contributed by atoms with van der Waals surface area (Å²) in [6.45, 7) is 0.388. The molecule has 28 heavy (non-hydrogen) atoms. The highest BCUT2D eigenvalue weighted by Crippen LogP contribution is 2.11. The summed E-state index contributed by atoms with van der Waals surface area (Å²) in [6.07, 6.45) is 1.52. The molecule has 0 saturated heterocycles. The molecule has 3 aromatic rings. The molecule has 0 aliphatic rings. The van der Waals surface area contributed by atoms with Crippen LogP contribution in [-0.4, -0.2) is 26.8 Å². The summed E-state index contributed by atoms with van der Waals surface area (Å²) in [5.41, 5.74) is -0.148. The van der Waals surface area contributed by atoms with Crippen LogP contribution in [0.5, 0.6) is 0 Å². The van der Waals surface area contributed by atoms with Crippen LogP contribution in [0.1, 0.15) is 22.5 Å². The number of halogens is 1. The molecule has 144 valence electrons. The number of hydrogen-bond donors (Lipinski definition) is 1. The van der Waals surface area contributed by atoms with Crippen molar-refractivity contribution in [2.45, 2.75) is 12.8 Å². The van der Waals surface area contributed by atoms with Gasteiger partial charge in [0.25, 0.3) is 11.5 Å². The van der Waals surface area contributed by atoms with E-state index in [4.69, 9.17) is 11.6 Å². The molecule has 0 aliphatic carbocycles. The fourth-order valence-electron chi connectivity index (χ4n) is 2.69. The lowest BCUT2D eigenvalue weighted by Crippen LogP contribution is -2.44. The molecular formula is C20H19ClN4O3. The molecule has 8 heteroatoms. The molecule has 0 unspecified atom stereocenters. The van der Waals surface area contributed by atoms with E-state index in [1.807, 2.05) is 30.3 Å². The van der Waals surface area contributed by atoms with Gasteiger partial charge >= 0.3 is 5.69 Å². The zero-order chi connectivity index (χ0) is 20.1.